The third-order valence-corrected chi connectivity index (χ3v) is 6.30. The number of anilines is 2. The Bertz CT molecular complexity index is 1290. The zero-order chi connectivity index (χ0) is 23.7. The Balaban J connectivity index is 1.51. The second-order valence-corrected chi connectivity index (χ2v) is 10.00. The smallest absolute Gasteiger partial charge is 0.182 e. The van der Waals surface area contributed by atoms with Gasteiger partial charge in [-0.05, 0) is 57.8 Å². The molecule has 0 aliphatic carbocycles. The molecule has 4 aromatic rings. The highest BCUT2D eigenvalue weighted by molar-refractivity contribution is 6.31. The van der Waals surface area contributed by atoms with Gasteiger partial charge in [-0.1, -0.05) is 44.5 Å². The molecule has 0 amide bonds. The average molecular weight is 478 g/mol. The predicted octanol–water partition coefficient (Wildman–Crippen LogP) is 4.76. The summed E-state index contributed by atoms with van der Waals surface area (Å²) in [5.41, 5.74) is 3.84. The fourth-order valence-corrected chi connectivity index (χ4v) is 4.69. The number of nitrogens with one attached hydrogen (secondary N) is 1. The van der Waals surface area contributed by atoms with Crippen LogP contribution in [0.15, 0.2) is 54.7 Å². The van der Waals surface area contributed by atoms with Crippen LogP contribution in [0.3, 0.4) is 0 Å². The first kappa shape index (κ1) is 22.6. The third kappa shape index (κ3) is 4.56. The van der Waals surface area contributed by atoms with Gasteiger partial charge < -0.3 is 10.1 Å². The van der Waals surface area contributed by atoms with Crippen LogP contribution in [0.2, 0.25) is 5.02 Å². The normalized spacial score (nSPS) is 15.5. The maximum Gasteiger partial charge on any atom is 0.182 e. The number of hydrogen-bond donors (Lipinski definition) is 1. The summed E-state index contributed by atoms with van der Waals surface area (Å²) >= 11 is 6.16. The van der Waals surface area contributed by atoms with E-state index < -0.39 is 0 Å². The molecule has 1 aliphatic heterocycles. The number of tetrazole rings is 1. The van der Waals surface area contributed by atoms with Crippen LogP contribution in [-0.2, 0) is 4.74 Å². The second kappa shape index (κ2) is 9.19. The predicted molar refractivity (Wildman–Crippen MR) is 134 cm³/mol. The lowest BCUT2D eigenvalue weighted by Crippen LogP contribution is -2.46. The van der Waals surface area contributed by atoms with Gasteiger partial charge in [0, 0.05) is 28.0 Å². The van der Waals surface area contributed by atoms with Gasteiger partial charge in [0.15, 0.2) is 5.82 Å². The first-order valence-electron chi connectivity index (χ1n) is 11.4. The van der Waals surface area contributed by atoms with Gasteiger partial charge in [0.1, 0.15) is 0 Å². The van der Waals surface area contributed by atoms with E-state index in [1.807, 2.05) is 29.1 Å². The Morgan fingerprint density at radius 1 is 1.06 bits per heavy atom. The van der Waals surface area contributed by atoms with Crippen molar-refractivity contribution in [1.29, 1.82) is 0 Å². The monoisotopic (exact) mass is 477 g/mol. The maximum absolute atomic E-state index is 6.16. The minimum absolute atomic E-state index is 0.0138. The minimum Gasteiger partial charge on any atom is -0.378 e. The molecule has 1 unspecified atom stereocenters. The van der Waals surface area contributed by atoms with Crippen molar-refractivity contribution < 1.29 is 4.74 Å². The maximum atomic E-state index is 6.16. The average Bonchev–Trinajstić information content (AvgIpc) is 3.28. The number of hydrogen-bond acceptors (Lipinski definition) is 7. The fourth-order valence-electron chi connectivity index (χ4n) is 4.53. The van der Waals surface area contributed by atoms with E-state index in [1.54, 1.807) is 6.20 Å². The highest BCUT2D eigenvalue weighted by Gasteiger charge is 2.34. The quantitative estimate of drug-likeness (QED) is 0.443. The molecule has 3 heterocycles. The van der Waals surface area contributed by atoms with Gasteiger partial charge >= 0.3 is 0 Å². The number of aromatic nitrogens is 5. The summed E-state index contributed by atoms with van der Waals surface area (Å²) in [7, 11) is 0. The molecule has 2 aromatic carbocycles. The van der Waals surface area contributed by atoms with Gasteiger partial charge in [0.2, 0.25) is 0 Å². The van der Waals surface area contributed by atoms with E-state index in [-0.39, 0.29) is 11.3 Å². The Morgan fingerprint density at radius 3 is 2.68 bits per heavy atom. The first-order valence-corrected chi connectivity index (χ1v) is 11.8. The van der Waals surface area contributed by atoms with E-state index in [0.29, 0.717) is 18.2 Å². The van der Waals surface area contributed by atoms with Gasteiger partial charge in [0.25, 0.3) is 0 Å². The molecule has 0 spiro atoms. The number of pyridine rings is 1. The molecule has 2 aromatic heterocycles. The highest BCUT2D eigenvalue weighted by atomic mass is 35.5. The van der Waals surface area contributed by atoms with Crippen LogP contribution in [0.25, 0.3) is 10.9 Å². The van der Waals surface area contributed by atoms with Gasteiger partial charge in [-0.15, -0.1) is 9.89 Å². The third-order valence-electron chi connectivity index (χ3n) is 6.06. The molecular formula is C25H28ClN7O. The zero-order valence-electron chi connectivity index (χ0n) is 19.6. The summed E-state index contributed by atoms with van der Waals surface area (Å²) in [6.07, 6.45) is 1.79. The summed E-state index contributed by atoms with van der Waals surface area (Å²) in [5, 5.41) is 20.2. The number of fused-ring (bicyclic) bond motifs is 1. The van der Waals surface area contributed by atoms with Crippen molar-refractivity contribution in [2.24, 2.45) is 5.41 Å². The summed E-state index contributed by atoms with van der Waals surface area (Å²) in [4.78, 5) is 6.31. The Hall–Kier alpha value is -3.23. The van der Waals surface area contributed by atoms with Gasteiger partial charge in [-0.25, -0.2) is 0 Å². The van der Waals surface area contributed by atoms with Gasteiger partial charge in [0.05, 0.1) is 37.7 Å². The lowest BCUT2D eigenvalue weighted by molar-refractivity contribution is 0.107. The molecule has 1 N–H and O–H groups in total. The molecule has 1 atom stereocenters. The molecule has 0 saturated carbocycles. The lowest BCUT2D eigenvalue weighted by atomic mass is 9.76. The number of morpholine rings is 1. The van der Waals surface area contributed by atoms with Crippen molar-refractivity contribution in [1.82, 2.24) is 25.3 Å². The number of ether oxygens (including phenoxy) is 1. The Morgan fingerprint density at radius 2 is 1.88 bits per heavy atom. The molecule has 9 heteroatoms. The van der Waals surface area contributed by atoms with Crippen LogP contribution in [0, 0.1) is 5.41 Å². The van der Waals surface area contributed by atoms with Crippen molar-refractivity contribution in [3.8, 4) is 0 Å². The van der Waals surface area contributed by atoms with Crippen LogP contribution >= 0.6 is 11.6 Å². The van der Waals surface area contributed by atoms with Crippen LogP contribution in [0.4, 0.5) is 11.4 Å². The van der Waals surface area contributed by atoms with Crippen molar-refractivity contribution in [3.63, 3.8) is 0 Å². The summed E-state index contributed by atoms with van der Waals surface area (Å²) in [5.74, 6) is 0.815. The number of rotatable bonds is 5. The lowest BCUT2D eigenvalue weighted by Gasteiger charge is -2.34. The molecule has 8 nitrogen and oxygen atoms in total. The first-order chi connectivity index (χ1) is 16.4. The van der Waals surface area contributed by atoms with E-state index in [2.05, 4.69) is 75.9 Å². The molecular weight excluding hydrogens is 450 g/mol. The Labute approximate surface area is 203 Å². The molecule has 1 aliphatic rings. The molecule has 1 fully saturated rings. The molecule has 176 valence electrons. The summed E-state index contributed by atoms with van der Waals surface area (Å²) in [6, 6.07) is 16.2. The van der Waals surface area contributed by atoms with E-state index in [9.17, 15) is 0 Å². The minimum atomic E-state index is -0.114. The van der Waals surface area contributed by atoms with Gasteiger partial charge in [-0.2, -0.15) is 0 Å². The fraction of sp³-hybridized carbons (Fsp3) is 0.360. The molecule has 34 heavy (non-hydrogen) atoms. The molecule has 0 radical (unpaired) electrons. The number of halogens is 1. The highest BCUT2D eigenvalue weighted by Crippen LogP contribution is 2.40. The number of nitrogens with zero attached hydrogens (tertiary/aromatic N) is 6. The van der Waals surface area contributed by atoms with Gasteiger partial charge in [-0.3, -0.25) is 9.99 Å². The summed E-state index contributed by atoms with van der Waals surface area (Å²) in [6.45, 7) is 9.52. The topological polar surface area (TPSA) is 81.0 Å². The van der Waals surface area contributed by atoms with E-state index in [1.165, 1.54) is 0 Å². The van der Waals surface area contributed by atoms with E-state index in [0.717, 1.165) is 46.8 Å². The SMILES string of the molecule is CC(C)(C)C(c1cccc(Nc2ccnc3cc(Cl)ccc23)c1)c1nnnn1N1CCOCC1. The van der Waals surface area contributed by atoms with Crippen LogP contribution in [-0.4, -0.2) is 51.6 Å². The van der Waals surface area contributed by atoms with Crippen LogP contribution in [0.1, 0.15) is 38.1 Å². The van der Waals surface area contributed by atoms with E-state index >= 15 is 0 Å². The van der Waals surface area contributed by atoms with Crippen molar-refractivity contribution >= 4 is 33.9 Å². The molecule has 1 saturated heterocycles. The number of benzene rings is 2. The van der Waals surface area contributed by atoms with E-state index in [4.69, 9.17) is 16.3 Å². The standard InChI is InChI=1S/C25H28ClN7O/c1-25(2,3)23(24-29-30-31-33(24)32-11-13-34-14-12-32)17-5-4-6-19(15-17)28-21-9-10-27-22-16-18(26)7-8-20(21)22/h4-10,15-16,23H,11-14H2,1-3H3,(H,27,28). The molecule has 5 rings (SSSR count). The molecule has 0 bridgehead atoms. The summed E-state index contributed by atoms with van der Waals surface area (Å²) < 4.78 is 5.52. The van der Waals surface area contributed by atoms with Crippen molar-refractivity contribution in [2.75, 3.05) is 36.6 Å². The van der Waals surface area contributed by atoms with Crippen LogP contribution < -0.4 is 10.3 Å². The van der Waals surface area contributed by atoms with Crippen molar-refractivity contribution in [2.45, 2.75) is 26.7 Å². The van der Waals surface area contributed by atoms with Crippen molar-refractivity contribution in [3.05, 3.63) is 71.1 Å². The largest absolute Gasteiger partial charge is 0.378 e. The second-order valence-electron chi connectivity index (χ2n) is 9.56. The van der Waals surface area contributed by atoms with Crippen LogP contribution in [0.5, 0.6) is 0 Å². The zero-order valence-corrected chi connectivity index (χ0v) is 20.3. The Kier molecular flexibility index (Phi) is 6.10.